The van der Waals surface area contributed by atoms with Crippen molar-refractivity contribution in [2.75, 3.05) is 5.32 Å². The van der Waals surface area contributed by atoms with Gasteiger partial charge < -0.3 is 5.32 Å². The van der Waals surface area contributed by atoms with Crippen LogP contribution in [0.3, 0.4) is 0 Å². The third-order valence-corrected chi connectivity index (χ3v) is 3.72. The fraction of sp³-hybridized carbons (Fsp3) is 0.182. The summed E-state index contributed by atoms with van der Waals surface area (Å²) in [5, 5.41) is 15.3. The van der Waals surface area contributed by atoms with E-state index >= 15 is 0 Å². The zero-order valence-corrected chi connectivity index (χ0v) is 16.1. The van der Waals surface area contributed by atoms with Crippen molar-refractivity contribution in [2.24, 2.45) is 0 Å². The van der Waals surface area contributed by atoms with Crippen molar-refractivity contribution >= 4 is 12.1 Å². The van der Waals surface area contributed by atoms with Crippen molar-refractivity contribution in [1.82, 2.24) is 9.78 Å². The summed E-state index contributed by atoms with van der Waals surface area (Å²) in [4.78, 5) is 21.7. The first kappa shape index (κ1) is 20.6. The zero-order chi connectivity index (χ0) is 20.6. The number of hydrogen-bond acceptors (Lipinski definition) is 4. The minimum atomic E-state index is -0.304. The third-order valence-electron chi connectivity index (χ3n) is 3.72. The van der Waals surface area contributed by atoms with Crippen LogP contribution in [0.5, 0.6) is 0 Å². The fourth-order valence-corrected chi connectivity index (χ4v) is 2.40. The Hall–Kier alpha value is -3.72. The molecule has 0 saturated heterocycles. The van der Waals surface area contributed by atoms with Gasteiger partial charge in [0.05, 0.1) is 22.9 Å². The molecule has 3 aromatic rings. The molecule has 142 valence electrons. The molecule has 0 saturated carbocycles. The van der Waals surface area contributed by atoms with E-state index in [4.69, 9.17) is 5.26 Å². The van der Waals surface area contributed by atoms with Crippen LogP contribution in [0.2, 0.25) is 0 Å². The lowest BCUT2D eigenvalue weighted by atomic mass is 10.1. The van der Waals surface area contributed by atoms with Gasteiger partial charge in [-0.1, -0.05) is 36.4 Å². The van der Waals surface area contributed by atoms with Crippen molar-refractivity contribution in [1.29, 1.82) is 5.26 Å². The van der Waals surface area contributed by atoms with E-state index in [-0.39, 0.29) is 11.1 Å². The highest BCUT2D eigenvalue weighted by Gasteiger charge is 2.16. The van der Waals surface area contributed by atoms with Crippen LogP contribution >= 0.6 is 0 Å². The Bertz CT molecular complexity index is 1030. The number of anilines is 1. The average molecular weight is 374 g/mol. The van der Waals surface area contributed by atoms with E-state index in [1.54, 1.807) is 36.4 Å². The SMILES string of the molecule is CC(C)(C)n1nc(-c2ccccc2)ccc1=O.N#Cc1cccc(NC=O)c1. The van der Waals surface area contributed by atoms with E-state index in [1.165, 1.54) is 4.68 Å². The van der Waals surface area contributed by atoms with Gasteiger partial charge in [-0.05, 0) is 45.0 Å². The van der Waals surface area contributed by atoms with E-state index in [1.807, 2.05) is 57.2 Å². The van der Waals surface area contributed by atoms with Crippen LogP contribution in [0, 0.1) is 11.3 Å². The predicted molar refractivity (Wildman–Crippen MR) is 110 cm³/mol. The molecule has 0 aliphatic heterocycles. The lowest BCUT2D eigenvalue weighted by Gasteiger charge is -2.21. The molecule has 0 aliphatic carbocycles. The van der Waals surface area contributed by atoms with Gasteiger partial charge in [0.25, 0.3) is 5.56 Å². The number of hydrogen-bond donors (Lipinski definition) is 1. The molecule has 0 unspecified atom stereocenters. The molecule has 2 aromatic carbocycles. The fourth-order valence-electron chi connectivity index (χ4n) is 2.40. The lowest BCUT2D eigenvalue weighted by molar-refractivity contribution is -0.105. The first-order chi connectivity index (χ1) is 13.3. The highest BCUT2D eigenvalue weighted by molar-refractivity contribution is 5.71. The summed E-state index contributed by atoms with van der Waals surface area (Å²) < 4.78 is 1.52. The Morgan fingerprint density at radius 3 is 2.36 bits per heavy atom. The Labute approximate surface area is 164 Å². The normalized spacial score (nSPS) is 10.2. The molecule has 0 atom stereocenters. The minimum absolute atomic E-state index is 0.0721. The van der Waals surface area contributed by atoms with Gasteiger partial charge in [0.1, 0.15) is 0 Å². The molecule has 0 fully saturated rings. The van der Waals surface area contributed by atoms with Crippen molar-refractivity contribution in [3.63, 3.8) is 0 Å². The maximum Gasteiger partial charge on any atom is 0.267 e. The number of nitriles is 1. The van der Waals surface area contributed by atoms with Crippen LogP contribution in [-0.4, -0.2) is 16.2 Å². The number of aromatic nitrogens is 2. The Morgan fingerprint density at radius 1 is 1.04 bits per heavy atom. The van der Waals surface area contributed by atoms with Gasteiger partial charge in [-0.2, -0.15) is 10.4 Å². The Morgan fingerprint density at radius 2 is 1.75 bits per heavy atom. The average Bonchev–Trinajstić information content (AvgIpc) is 2.69. The molecule has 3 rings (SSSR count). The largest absolute Gasteiger partial charge is 0.329 e. The smallest absolute Gasteiger partial charge is 0.267 e. The molecule has 1 amide bonds. The summed E-state index contributed by atoms with van der Waals surface area (Å²) in [6, 6.07) is 21.9. The van der Waals surface area contributed by atoms with Gasteiger partial charge in [-0.15, -0.1) is 0 Å². The number of carbonyl (C=O) groups excluding carboxylic acids is 1. The maximum atomic E-state index is 11.7. The summed E-state index contributed by atoms with van der Waals surface area (Å²) in [5.74, 6) is 0. The first-order valence-corrected chi connectivity index (χ1v) is 8.72. The molecule has 1 N–H and O–H groups in total. The zero-order valence-electron chi connectivity index (χ0n) is 16.1. The quantitative estimate of drug-likeness (QED) is 0.707. The van der Waals surface area contributed by atoms with Gasteiger partial charge in [0, 0.05) is 17.3 Å². The van der Waals surface area contributed by atoms with Crippen molar-refractivity contribution in [2.45, 2.75) is 26.3 Å². The number of nitrogens with one attached hydrogen (secondary N) is 1. The minimum Gasteiger partial charge on any atom is -0.329 e. The van der Waals surface area contributed by atoms with Gasteiger partial charge in [0.2, 0.25) is 6.41 Å². The Balaban J connectivity index is 0.000000221. The molecular formula is C22H22N4O2. The van der Waals surface area contributed by atoms with Crippen LogP contribution in [0.1, 0.15) is 26.3 Å². The van der Waals surface area contributed by atoms with E-state index in [9.17, 15) is 9.59 Å². The van der Waals surface area contributed by atoms with Crippen LogP contribution in [0.25, 0.3) is 11.3 Å². The summed E-state index contributed by atoms with van der Waals surface area (Å²) in [6.45, 7) is 5.91. The second-order valence-electron chi connectivity index (χ2n) is 6.96. The standard InChI is InChI=1S/C14H16N2O.C8H6N2O/c1-14(2,3)16-13(17)10-9-12(15-16)11-7-5-4-6-8-11;9-5-7-2-1-3-8(4-7)10-6-11/h4-10H,1-3H3;1-4,6H,(H,10,11). The van der Waals surface area contributed by atoms with E-state index in [0.29, 0.717) is 17.7 Å². The molecule has 6 heteroatoms. The molecule has 1 aromatic heterocycles. The van der Waals surface area contributed by atoms with E-state index < -0.39 is 0 Å². The van der Waals surface area contributed by atoms with Gasteiger partial charge >= 0.3 is 0 Å². The maximum absolute atomic E-state index is 11.7. The molecule has 0 spiro atoms. The van der Waals surface area contributed by atoms with Crippen molar-refractivity contribution in [3.8, 4) is 17.3 Å². The molecule has 6 nitrogen and oxygen atoms in total. The van der Waals surface area contributed by atoms with E-state index in [2.05, 4.69) is 10.4 Å². The molecule has 0 radical (unpaired) electrons. The van der Waals surface area contributed by atoms with Gasteiger partial charge in [-0.25, -0.2) is 4.68 Å². The van der Waals surface area contributed by atoms with Crippen LogP contribution in [-0.2, 0) is 10.3 Å². The molecule has 0 bridgehead atoms. The summed E-state index contributed by atoms with van der Waals surface area (Å²) in [5.41, 5.74) is 2.64. The topological polar surface area (TPSA) is 87.8 Å². The highest BCUT2D eigenvalue weighted by atomic mass is 16.1. The number of rotatable bonds is 3. The first-order valence-electron chi connectivity index (χ1n) is 8.72. The van der Waals surface area contributed by atoms with Crippen molar-refractivity contribution < 1.29 is 4.79 Å². The van der Waals surface area contributed by atoms with Crippen molar-refractivity contribution in [3.05, 3.63) is 82.6 Å². The molecule has 28 heavy (non-hydrogen) atoms. The monoisotopic (exact) mass is 374 g/mol. The molecule has 0 aliphatic rings. The van der Waals surface area contributed by atoms with Crippen LogP contribution in [0.4, 0.5) is 5.69 Å². The second kappa shape index (κ2) is 9.28. The van der Waals surface area contributed by atoms with Crippen LogP contribution < -0.4 is 10.9 Å². The summed E-state index contributed by atoms with van der Waals surface area (Å²) in [6.07, 6.45) is 0.580. The van der Waals surface area contributed by atoms with E-state index in [0.717, 1.165) is 11.3 Å². The van der Waals surface area contributed by atoms with Gasteiger partial charge in [-0.3, -0.25) is 9.59 Å². The Kier molecular flexibility index (Phi) is 6.83. The number of nitrogens with zero attached hydrogens (tertiary/aromatic N) is 3. The highest BCUT2D eigenvalue weighted by Crippen LogP contribution is 2.16. The lowest BCUT2D eigenvalue weighted by Crippen LogP contribution is -2.35. The second-order valence-corrected chi connectivity index (χ2v) is 6.96. The number of carbonyl (C=O) groups is 1. The summed E-state index contributed by atoms with van der Waals surface area (Å²) in [7, 11) is 0. The number of amides is 1. The third kappa shape index (κ3) is 5.64. The van der Waals surface area contributed by atoms with Gasteiger partial charge in [0.15, 0.2) is 0 Å². The molecule has 1 heterocycles. The molecular weight excluding hydrogens is 352 g/mol. The van der Waals surface area contributed by atoms with Crippen LogP contribution in [0.15, 0.2) is 71.5 Å². The number of benzene rings is 2. The predicted octanol–water partition coefficient (Wildman–Crippen LogP) is 3.79. The summed E-state index contributed by atoms with van der Waals surface area (Å²) >= 11 is 0.